The molecule has 21 heavy (non-hydrogen) atoms. The van der Waals surface area contributed by atoms with Gasteiger partial charge in [-0.1, -0.05) is 6.07 Å². The van der Waals surface area contributed by atoms with E-state index in [9.17, 15) is 18.7 Å². The van der Waals surface area contributed by atoms with Crippen LogP contribution in [0, 0.1) is 11.6 Å². The van der Waals surface area contributed by atoms with Crippen molar-refractivity contribution in [2.45, 2.75) is 25.0 Å². The summed E-state index contributed by atoms with van der Waals surface area (Å²) in [5, 5.41) is 15.4. The average Bonchev–Trinajstić information content (AvgIpc) is 2.89. The van der Waals surface area contributed by atoms with Crippen LogP contribution >= 0.6 is 0 Å². The molecule has 1 aliphatic rings. The van der Waals surface area contributed by atoms with E-state index in [0.29, 0.717) is 19.3 Å². The average molecular weight is 300 g/mol. The van der Waals surface area contributed by atoms with E-state index >= 15 is 0 Å². The van der Waals surface area contributed by atoms with Gasteiger partial charge in [-0.3, -0.25) is 0 Å². The quantitative estimate of drug-likeness (QED) is 0.784. The zero-order chi connectivity index (χ0) is 15.5. The third-order valence-corrected chi connectivity index (χ3v) is 3.37. The number of ether oxygens (including phenoxy) is 1. The molecule has 2 amide bonds. The molecule has 0 aliphatic carbocycles. The molecular formula is C14H18F2N2O3. The number of carbonyl (C=O) groups excluding carboxylic acids is 1. The maximum atomic E-state index is 13.7. The van der Waals surface area contributed by atoms with Crippen LogP contribution in [0.2, 0.25) is 0 Å². The van der Waals surface area contributed by atoms with Crippen molar-refractivity contribution in [3.05, 3.63) is 35.4 Å². The Balaban J connectivity index is 1.92. The number of aliphatic hydroxyl groups is 1. The number of amides is 2. The van der Waals surface area contributed by atoms with Gasteiger partial charge < -0.3 is 20.5 Å². The molecule has 2 unspecified atom stereocenters. The molecule has 116 valence electrons. The molecule has 1 saturated heterocycles. The molecule has 1 aliphatic heterocycles. The molecule has 1 aromatic rings. The molecule has 5 nitrogen and oxygen atoms in total. The topological polar surface area (TPSA) is 70.6 Å². The SMILES string of the molecule is CC(O)(CNC(=O)NC1CCOC1)c1ccc(F)cc1F. The maximum Gasteiger partial charge on any atom is 0.315 e. The lowest BCUT2D eigenvalue weighted by atomic mass is 9.95. The van der Waals surface area contributed by atoms with Gasteiger partial charge in [0, 0.05) is 18.2 Å². The first-order valence-electron chi connectivity index (χ1n) is 6.68. The maximum absolute atomic E-state index is 13.7. The fourth-order valence-electron chi connectivity index (χ4n) is 2.16. The number of hydrogen-bond donors (Lipinski definition) is 3. The van der Waals surface area contributed by atoms with Gasteiger partial charge in [0.1, 0.15) is 17.2 Å². The summed E-state index contributed by atoms with van der Waals surface area (Å²) in [6.45, 7) is 2.21. The van der Waals surface area contributed by atoms with Gasteiger partial charge >= 0.3 is 6.03 Å². The van der Waals surface area contributed by atoms with Crippen LogP contribution in [-0.2, 0) is 10.3 Å². The fraction of sp³-hybridized carbons (Fsp3) is 0.500. The number of benzene rings is 1. The number of carbonyl (C=O) groups is 1. The number of nitrogens with one attached hydrogen (secondary N) is 2. The van der Waals surface area contributed by atoms with Gasteiger partial charge in [-0.25, -0.2) is 13.6 Å². The summed E-state index contributed by atoms with van der Waals surface area (Å²) >= 11 is 0. The smallest absolute Gasteiger partial charge is 0.315 e. The van der Waals surface area contributed by atoms with E-state index in [4.69, 9.17) is 4.74 Å². The third-order valence-electron chi connectivity index (χ3n) is 3.37. The summed E-state index contributed by atoms with van der Waals surface area (Å²) in [6, 6.07) is 2.39. The van der Waals surface area contributed by atoms with Crippen molar-refractivity contribution in [2.75, 3.05) is 19.8 Å². The molecule has 0 radical (unpaired) electrons. The van der Waals surface area contributed by atoms with Crippen molar-refractivity contribution in [3.8, 4) is 0 Å². The van der Waals surface area contributed by atoms with Crippen LogP contribution in [0.5, 0.6) is 0 Å². The minimum absolute atomic E-state index is 0.0579. The first-order chi connectivity index (χ1) is 9.88. The van der Waals surface area contributed by atoms with E-state index in [0.717, 1.165) is 18.6 Å². The van der Waals surface area contributed by atoms with Crippen LogP contribution < -0.4 is 10.6 Å². The summed E-state index contributed by atoms with van der Waals surface area (Å²) in [4.78, 5) is 11.7. The standard InChI is InChI=1S/C14H18F2N2O3/c1-14(20,11-3-2-9(15)6-12(11)16)8-17-13(19)18-10-4-5-21-7-10/h2-3,6,10,20H,4-5,7-8H2,1H3,(H2,17,18,19). The highest BCUT2D eigenvalue weighted by atomic mass is 19.1. The highest BCUT2D eigenvalue weighted by Gasteiger charge is 2.28. The second-order valence-corrected chi connectivity index (χ2v) is 5.29. The lowest BCUT2D eigenvalue weighted by Gasteiger charge is -2.25. The van der Waals surface area contributed by atoms with Gasteiger partial charge in [-0.15, -0.1) is 0 Å². The molecule has 0 spiro atoms. The van der Waals surface area contributed by atoms with Gasteiger partial charge in [0.2, 0.25) is 0 Å². The first kappa shape index (κ1) is 15.7. The molecular weight excluding hydrogens is 282 g/mol. The summed E-state index contributed by atoms with van der Waals surface area (Å²) in [6.07, 6.45) is 0.733. The van der Waals surface area contributed by atoms with Crippen LogP contribution in [0.1, 0.15) is 18.9 Å². The summed E-state index contributed by atoms with van der Waals surface area (Å²) in [5.74, 6) is -1.58. The molecule has 3 N–H and O–H groups in total. The Morgan fingerprint density at radius 2 is 2.29 bits per heavy atom. The first-order valence-corrected chi connectivity index (χ1v) is 6.68. The molecule has 0 bridgehead atoms. The van der Waals surface area contributed by atoms with Crippen molar-refractivity contribution in [1.82, 2.24) is 10.6 Å². The molecule has 0 aromatic heterocycles. The van der Waals surface area contributed by atoms with Gasteiger partial charge in [-0.2, -0.15) is 0 Å². The lowest BCUT2D eigenvalue weighted by molar-refractivity contribution is 0.0554. The molecule has 1 heterocycles. The molecule has 1 aromatic carbocycles. The van der Waals surface area contributed by atoms with Gasteiger partial charge in [0.25, 0.3) is 0 Å². The summed E-state index contributed by atoms with van der Waals surface area (Å²) in [7, 11) is 0. The van der Waals surface area contributed by atoms with Gasteiger partial charge in [0.15, 0.2) is 0 Å². The van der Waals surface area contributed by atoms with Crippen LogP contribution in [0.3, 0.4) is 0 Å². The predicted molar refractivity (Wildman–Crippen MR) is 71.7 cm³/mol. The zero-order valence-corrected chi connectivity index (χ0v) is 11.7. The van der Waals surface area contributed by atoms with E-state index in [-0.39, 0.29) is 18.2 Å². The van der Waals surface area contributed by atoms with E-state index < -0.39 is 23.3 Å². The van der Waals surface area contributed by atoms with Crippen LogP contribution in [-0.4, -0.2) is 36.9 Å². The highest BCUT2D eigenvalue weighted by molar-refractivity contribution is 5.74. The van der Waals surface area contributed by atoms with Crippen LogP contribution in [0.25, 0.3) is 0 Å². The van der Waals surface area contributed by atoms with Crippen LogP contribution in [0.15, 0.2) is 18.2 Å². The van der Waals surface area contributed by atoms with Crippen molar-refractivity contribution in [3.63, 3.8) is 0 Å². The second-order valence-electron chi connectivity index (χ2n) is 5.29. The largest absolute Gasteiger partial charge is 0.383 e. The third kappa shape index (κ3) is 4.12. The van der Waals surface area contributed by atoms with Crippen molar-refractivity contribution >= 4 is 6.03 Å². The van der Waals surface area contributed by atoms with E-state index in [1.54, 1.807) is 0 Å². The highest BCUT2D eigenvalue weighted by Crippen LogP contribution is 2.23. The predicted octanol–water partition coefficient (Wildman–Crippen LogP) is 1.26. The second kappa shape index (κ2) is 6.36. The Bertz CT molecular complexity index is 517. The monoisotopic (exact) mass is 300 g/mol. The number of urea groups is 1. The summed E-state index contributed by atoms with van der Waals surface area (Å²) < 4.78 is 31.6. The van der Waals surface area contributed by atoms with E-state index in [1.165, 1.54) is 6.92 Å². The molecule has 7 heteroatoms. The number of rotatable bonds is 4. The van der Waals surface area contributed by atoms with E-state index in [2.05, 4.69) is 10.6 Å². The molecule has 0 saturated carbocycles. The van der Waals surface area contributed by atoms with Crippen LogP contribution in [0.4, 0.5) is 13.6 Å². The Morgan fingerprint density at radius 1 is 1.52 bits per heavy atom. The number of hydrogen-bond acceptors (Lipinski definition) is 3. The Morgan fingerprint density at radius 3 is 2.90 bits per heavy atom. The van der Waals surface area contributed by atoms with Gasteiger partial charge in [0.05, 0.1) is 19.2 Å². The molecule has 1 fully saturated rings. The van der Waals surface area contributed by atoms with Crippen molar-refractivity contribution in [2.24, 2.45) is 0 Å². The Hall–Kier alpha value is -1.73. The Kier molecular flexibility index (Phi) is 4.74. The minimum atomic E-state index is -1.64. The Labute approximate surface area is 121 Å². The van der Waals surface area contributed by atoms with Gasteiger partial charge in [-0.05, 0) is 19.4 Å². The zero-order valence-electron chi connectivity index (χ0n) is 11.7. The number of halogens is 2. The van der Waals surface area contributed by atoms with Crippen molar-refractivity contribution in [1.29, 1.82) is 0 Å². The van der Waals surface area contributed by atoms with Crippen molar-refractivity contribution < 1.29 is 23.4 Å². The minimum Gasteiger partial charge on any atom is -0.383 e. The normalized spacial score (nSPS) is 20.9. The fourth-order valence-corrected chi connectivity index (χ4v) is 2.16. The van der Waals surface area contributed by atoms with E-state index in [1.807, 2.05) is 0 Å². The molecule has 2 atom stereocenters. The molecule has 2 rings (SSSR count). The summed E-state index contributed by atoms with van der Waals surface area (Å²) in [5.41, 5.74) is -1.71. The lowest BCUT2D eigenvalue weighted by Crippen LogP contribution is -2.47.